The van der Waals surface area contributed by atoms with E-state index in [9.17, 15) is 5.11 Å². The predicted octanol–water partition coefficient (Wildman–Crippen LogP) is 2.89. The Labute approximate surface area is 146 Å². The second-order valence-corrected chi connectivity index (χ2v) is 6.64. The van der Waals surface area contributed by atoms with Crippen molar-refractivity contribution in [3.05, 3.63) is 42.2 Å². The van der Waals surface area contributed by atoms with Crippen molar-refractivity contribution in [2.45, 2.75) is 44.8 Å². The summed E-state index contributed by atoms with van der Waals surface area (Å²) in [6, 6.07) is 8.27. The minimum absolute atomic E-state index is 0.154. The van der Waals surface area contributed by atoms with Crippen LogP contribution in [0.25, 0.3) is 5.65 Å². The third-order valence-corrected chi connectivity index (χ3v) is 4.54. The maximum Gasteiger partial charge on any atom is 0.247 e. The Hall–Kier alpha value is -2.67. The van der Waals surface area contributed by atoms with Crippen molar-refractivity contribution in [1.82, 2.24) is 19.6 Å². The van der Waals surface area contributed by atoms with E-state index in [0.29, 0.717) is 12.0 Å². The summed E-state index contributed by atoms with van der Waals surface area (Å²) in [6.45, 7) is 2.00. The van der Waals surface area contributed by atoms with Gasteiger partial charge in [0, 0.05) is 12.2 Å². The molecule has 1 aliphatic carbocycles. The summed E-state index contributed by atoms with van der Waals surface area (Å²) in [5.41, 5.74) is 2.73. The number of aromatic nitrogens is 4. The first-order valence-electron chi connectivity index (χ1n) is 8.66. The van der Waals surface area contributed by atoms with Gasteiger partial charge in [0.25, 0.3) is 0 Å². The fourth-order valence-electron chi connectivity index (χ4n) is 3.25. The summed E-state index contributed by atoms with van der Waals surface area (Å²) in [4.78, 5) is 8.71. The van der Waals surface area contributed by atoms with E-state index in [1.165, 1.54) is 0 Å². The molecule has 3 aromatic heterocycles. The van der Waals surface area contributed by atoms with Crippen molar-refractivity contribution < 1.29 is 5.11 Å². The topological polar surface area (TPSA) is 87.4 Å². The first-order chi connectivity index (χ1) is 12.2. The highest BCUT2D eigenvalue weighted by Gasteiger charge is 2.20. The smallest absolute Gasteiger partial charge is 0.247 e. The largest absolute Gasteiger partial charge is 0.393 e. The highest BCUT2D eigenvalue weighted by molar-refractivity contribution is 5.57. The van der Waals surface area contributed by atoms with Gasteiger partial charge in [0.1, 0.15) is 5.82 Å². The van der Waals surface area contributed by atoms with E-state index in [2.05, 4.69) is 25.7 Å². The third kappa shape index (κ3) is 3.56. The zero-order valence-electron chi connectivity index (χ0n) is 14.2. The highest BCUT2D eigenvalue weighted by Crippen LogP contribution is 2.23. The molecule has 0 spiro atoms. The first kappa shape index (κ1) is 15.8. The standard InChI is InChI=1S/C18H22N6O/c1-12-9-14(11-19-10-12)21-18-22-17-4-2-3-16(24(17)23-18)20-13-5-7-15(25)8-6-13/h2-4,9-11,13,15,20,25H,5-8H2,1H3,(H,21,23). The van der Waals surface area contributed by atoms with Crippen molar-refractivity contribution in [2.75, 3.05) is 10.6 Å². The lowest BCUT2D eigenvalue weighted by Gasteiger charge is -2.26. The molecule has 0 unspecified atom stereocenters. The molecular formula is C18H22N6O. The van der Waals surface area contributed by atoms with Gasteiger partial charge in [0.2, 0.25) is 5.95 Å². The maximum absolute atomic E-state index is 9.66. The molecule has 0 amide bonds. The number of aliphatic hydroxyl groups is 1. The van der Waals surface area contributed by atoms with Crippen LogP contribution < -0.4 is 10.6 Å². The summed E-state index contributed by atoms with van der Waals surface area (Å²) >= 11 is 0. The zero-order valence-corrected chi connectivity index (χ0v) is 14.2. The number of anilines is 3. The fourth-order valence-corrected chi connectivity index (χ4v) is 3.25. The summed E-state index contributed by atoms with van der Waals surface area (Å²) in [5.74, 6) is 1.46. The third-order valence-electron chi connectivity index (χ3n) is 4.54. The molecule has 0 aromatic carbocycles. The van der Waals surface area contributed by atoms with Crippen LogP contribution in [0.15, 0.2) is 36.7 Å². The molecule has 7 heteroatoms. The molecule has 0 aliphatic heterocycles. The number of hydrogen-bond acceptors (Lipinski definition) is 6. The fraction of sp³-hybridized carbons (Fsp3) is 0.389. The summed E-state index contributed by atoms with van der Waals surface area (Å²) in [6.07, 6.45) is 7.03. The van der Waals surface area contributed by atoms with E-state index < -0.39 is 0 Å². The molecule has 0 bridgehead atoms. The lowest BCUT2D eigenvalue weighted by atomic mass is 9.93. The molecule has 130 valence electrons. The van der Waals surface area contributed by atoms with Gasteiger partial charge in [-0.15, -0.1) is 5.10 Å². The van der Waals surface area contributed by atoms with Crippen molar-refractivity contribution in [3.8, 4) is 0 Å². The van der Waals surface area contributed by atoms with Crippen LogP contribution in [0.2, 0.25) is 0 Å². The molecule has 25 heavy (non-hydrogen) atoms. The average molecular weight is 338 g/mol. The molecule has 1 aliphatic rings. The SMILES string of the molecule is Cc1cncc(Nc2nc3cccc(NC4CCC(O)CC4)n3n2)c1. The first-order valence-corrected chi connectivity index (χ1v) is 8.66. The van der Waals surface area contributed by atoms with Gasteiger partial charge < -0.3 is 15.7 Å². The van der Waals surface area contributed by atoms with Crippen LogP contribution in [0.1, 0.15) is 31.2 Å². The number of nitrogens with one attached hydrogen (secondary N) is 2. The van der Waals surface area contributed by atoms with Crippen LogP contribution in [0.5, 0.6) is 0 Å². The number of aryl methyl sites for hydroxylation is 1. The van der Waals surface area contributed by atoms with Crippen LogP contribution in [0.3, 0.4) is 0 Å². The van der Waals surface area contributed by atoms with Crippen molar-refractivity contribution in [2.24, 2.45) is 0 Å². The zero-order chi connectivity index (χ0) is 17.2. The van der Waals surface area contributed by atoms with E-state index in [1.54, 1.807) is 6.20 Å². The van der Waals surface area contributed by atoms with E-state index in [0.717, 1.165) is 48.4 Å². The van der Waals surface area contributed by atoms with Gasteiger partial charge in [-0.1, -0.05) is 6.07 Å². The van der Waals surface area contributed by atoms with Gasteiger partial charge in [0.15, 0.2) is 5.65 Å². The Bertz CT molecular complexity index is 869. The molecule has 1 saturated carbocycles. The van der Waals surface area contributed by atoms with Crippen LogP contribution in [-0.4, -0.2) is 36.8 Å². The number of hydrogen-bond donors (Lipinski definition) is 3. The Morgan fingerprint density at radius 2 is 2.00 bits per heavy atom. The van der Waals surface area contributed by atoms with Crippen LogP contribution >= 0.6 is 0 Å². The monoisotopic (exact) mass is 338 g/mol. The van der Waals surface area contributed by atoms with E-state index in [-0.39, 0.29) is 6.10 Å². The highest BCUT2D eigenvalue weighted by atomic mass is 16.3. The van der Waals surface area contributed by atoms with E-state index in [4.69, 9.17) is 0 Å². The molecule has 0 radical (unpaired) electrons. The molecule has 0 saturated heterocycles. The molecule has 4 rings (SSSR count). The van der Waals surface area contributed by atoms with Crippen molar-refractivity contribution in [1.29, 1.82) is 0 Å². The molecule has 1 fully saturated rings. The Morgan fingerprint density at radius 1 is 1.16 bits per heavy atom. The number of fused-ring (bicyclic) bond motifs is 1. The molecular weight excluding hydrogens is 316 g/mol. The quantitative estimate of drug-likeness (QED) is 0.678. The molecule has 3 N–H and O–H groups in total. The lowest BCUT2D eigenvalue weighted by Crippen LogP contribution is -2.29. The van der Waals surface area contributed by atoms with Gasteiger partial charge >= 0.3 is 0 Å². The van der Waals surface area contributed by atoms with Gasteiger partial charge in [-0.3, -0.25) is 4.98 Å². The number of rotatable bonds is 4. The number of aliphatic hydroxyl groups excluding tert-OH is 1. The number of pyridine rings is 2. The molecule has 7 nitrogen and oxygen atoms in total. The lowest BCUT2D eigenvalue weighted by molar-refractivity contribution is 0.126. The van der Waals surface area contributed by atoms with Crippen LogP contribution in [-0.2, 0) is 0 Å². The average Bonchev–Trinajstić information content (AvgIpc) is 3.00. The predicted molar refractivity (Wildman–Crippen MR) is 97.1 cm³/mol. The minimum atomic E-state index is -0.154. The molecule has 3 heterocycles. The molecule has 0 atom stereocenters. The van der Waals surface area contributed by atoms with Crippen LogP contribution in [0.4, 0.5) is 17.5 Å². The Kier molecular flexibility index (Phi) is 4.23. The van der Waals surface area contributed by atoms with Gasteiger partial charge in [-0.2, -0.15) is 9.50 Å². The Balaban J connectivity index is 1.56. The summed E-state index contributed by atoms with van der Waals surface area (Å²) < 4.78 is 1.82. The van der Waals surface area contributed by atoms with Gasteiger partial charge in [0.05, 0.1) is 18.0 Å². The minimum Gasteiger partial charge on any atom is -0.393 e. The molecule has 3 aromatic rings. The normalized spacial score (nSPS) is 20.6. The van der Waals surface area contributed by atoms with Gasteiger partial charge in [-0.25, -0.2) is 0 Å². The second kappa shape index (κ2) is 6.68. The Morgan fingerprint density at radius 3 is 2.80 bits per heavy atom. The van der Waals surface area contributed by atoms with E-state index in [1.807, 2.05) is 41.9 Å². The second-order valence-electron chi connectivity index (χ2n) is 6.64. The number of nitrogens with zero attached hydrogens (tertiary/aromatic N) is 4. The van der Waals surface area contributed by atoms with Gasteiger partial charge in [-0.05, 0) is 56.4 Å². The van der Waals surface area contributed by atoms with Crippen molar-refractivity contribution >= 4 is 23.1 Å². The van der Waals surface area contributed by atoms with Crippen LogP contribution in [0, 0.1) is 6.92 Å². The maximum atomic E-state index is 9.66. The summed E-state index contributed by atoms with van der Waals surface area (Å²) in [5, 5.41) is 21.0. The summed E-state index contributed by atoms with van der Waals surface area (Å²) in [7, 11) is 0. The van der Waals surface area contributed by atoms with Crippen molar-refractivity contribution in [3.63, 3.8) is 0 Å². The van der Waals surface area contributed by atoms with E-state index >= 15 is 0 Å².